The number of terminal acetylenes is 1. The van der Waals surface area contributed by atoms with Gasteiger partial charge in [0.1, 0.15) is 0 Å². The molecule has 1 rings (SSSR count). The second-order valence-electron chi connectivity index (χ2n) is 4.63. The Balaban J connectivity index is 3.20. The number of hydrogen-bond donors (Lipinski definition) is 0. The van der Waals surface area contributed by atoms with Gasteiger partial charge in [0.25, 0.3) is 0 Å². The van der Waals surface area contributed by atoms with Gasteiger partial charge < -0.3 is 9.47 Å². The lowest BCUT2D eigenvalue weighted by molar-refractivity contribution is -0.168. The minimum atomic E-state index is -1.68. The summed E-state index contributed by atoms with van der Waals surface area (Å²) in [4.78, 5) is 35.1. The van der Waals surface area contributed by atoms with E-state index in [1.165, 1.54) is 0 Å². The van der Waals surface area contributed by atoms with Crippen LogP contribution in [0.1, 0.15) is 28.8 Å². The highest BCUT2D eigenvalue weighted by atomic mass is 16.5. The molecule has 0 aromatic heterocycles. The van der Waals surface area contributed by atoms with Crippen molar-refractivity contribution in [2.24, 2.45) is 5.41 Å². The maximum absolute atomic E-state index is 12.0. The van der Waals surface area contributed by atoms with Gasteiger partial charge in [-0.1, -0.05) is 30.0 Å². The van der Waals surface area contributed by atoms with Crippen molar-refractivity contribution in [1.29, 1.82) is 0 Å². The molecular weight excluding hydrogens is 296 g/mol. The van der Waals surface area contributed by atoms with Gasteiger partial charge in [0.2, 0.25) is 0 Å². The van der Waals surface area contributed by atoms with E-state index >= 15 is 0 Å². The number of aldehydes is 1. The van der Waals surface area contributed by atoms with Crippen LogP contribution >= 0.6 is 0 Å². The van der Waals surface area contributed by atoms with Gasteiger partial charge >= 0.3 is 11.9 Å². The molecular formula is C18H16O5. The minimum Gasteiger partial charge on any atom is -0.468 e. The van der Waals surface area contributed by atoms with Crippen LogP contribution in [0, 0.1) is 29.6 Å². The van der Waals surface area contributed by atoms with Crippen LogP contribution in [0.2, 0.25) is 0 Å². The second kappa shape index (κ2) is 8.41. The quantitative estimate of drug-likeness (QED) is 0.357. The molecule has 5 nitrogen and oxygen atoms in total. The lowest BCUT2D eigenvalue weighted by Crippen LogP contribution is -2.40. The molecule has 0 bridgehead atoms. The van der Waals surface area contributed by atoms with E-state index in [2.05, 4.69) is 27.2 Å². The molecule has 0 heterocycles. The van der Waals surface area contributed by atoms with E-state index < -0.39 is 17.4 Å². The van der Waals surface area contributed by atoms with Gasteiger partial charge in [-0.25, -0.2) is 0 Å². The summed E-state index contributed by atoms with van der Waals surface area (Å²) in [5.41, 5.74) is -0.771. The van der Waals surface area contributed by atoms with Crippen LogP contribution in [-0.2, 0) is 19.1 Å². The maximum Gasteiger partial charge on any atom is 0.325 e. The fraction of sp³-hybridized carbons (Fsp3) is 0.278. The predicted octanol–water partition coefficient (Wildman–Crippen LogP) is 1.60. The summed E-state index contributed by atoms with van der Waals surface area (Å²) in [5.74, 6) is 6.17. The maximum atomic E-state index is 12.0. The molecule has 23 heavy (non-hydrogen) atoms. The first-order chi connectivity index (χ1) is 11.1. The number of ether oxygens (including phenoxy) is 2. The fourth-order valence-corrected chi connectivity index (χ4v) is 2.00. The van der Waals surface area contributed by atoms with Gasteiger partial charge in [-0.15, -0.1) is 12.3 Å². The Morgan fingerprint density at radius 1 is 1.17 bits per heavy atom. The van der Waals surface area contributed by atoms with Gasteiger partial charge in [0.15, 0.2) is 11.7 Å². The lowest BCUT2D eigenvalue weighted by Gasteiger charge is -2.23. The Labute approximate surface area is 135 Å². The smallest absolute Gasteiger partial charge is 0.325 e. The second-order valence-corrected chi connectivity index (χ2v) is 4.63. The number of benzene rings is 1. The Hall–Kier alpha value is -3.05. The van der Waals surface area contributed by atoms with Gasteiger partial charge in [0.05, 0.1) is 14.2 Å². The molecule has 0 spiro atoms. The summed E-state index contributed by atoms with van der Waals surface area (Å²) >= 11 is 0. The Bertz CT molecular complexity index is 684. The van der Waals surface area contributed by atoms with Gasteiger partial charge in [-0.05, 0) is 6.07 Å². The first-order valence-electron chi connectivity index (χ1n) is 6.69. The highest BCUT2D eigenvalue weighted by Crippen LogP contribution is 2.29. The summed E-state index contributed by atoms with van der Waals surface area (Å²) in [5, 5.41) is 0. The Morgan fingerprint density at radius 2 is 1.78 bits per heavy atom. The minimum absolute atomic E-state index is 0.177. The third-order valence-corrected chi connectivity index (χ3v) is 3.26. The summed E-state index contributed by atoms with van der Waals surface area (Å²) in [7, 11) is 2.32. The van der Waals surface area contributed by atoms with Crippen molar-refractivity contribution in [1.82, 2.24) is 0 Å². The molecule has 0 aliphatic rings. The molecule has 0 N–H and O–H groups in total. The molecule has 1 aromatic carbocycles. The molecule has 1 aromatic rings. The molecule has 0 saturated carbocycles. The number of carbonyl (C=O) groups is 3. The molecule has 0 aliphatic heterocycles. The average molecular weight is 312 g/mol. The summed E-state index contributed by atoms with van der Waals surface area (Å²) in [6.45, 7) is 0. The molecule has 0 amide bonds. The molecule has 0 radical (unpaired) electrons. The summed E-state index contributed by atoms with van der Waals surface area (Å²) in [6, 6.07) is 6.72. The van der Waals surface area contributed by atoms with Crippen molar-refractivity contribution in [3.8, 4) is 24.2 Å². The standard InChI is InChI=1S/C18H16O5/c1-4-11-18(16(20)22-2,17(21)23-3)12-7-10-14-8-5-6-9-15(14)13-19/h1,5-6,8-9,13H,11-12H2,2-3H3. The monoisotopic (exact) mass is 312 g/mol. The number of esters is 2. The van der Waals surface area contributed by atoms with Crippen LogP contribution in [0.25, 0.3) is 0 Å². The van der Waals surface area contributed by atoms with Crippen LogP contribution in [-0.4, -0.2) is 32.4 Å². The number of carbonyl (C=O) groups excluding carboxylic acids is 3. The number of rotatable bonds is 5. The lowest BCUT2D eigenvalue weighted by atomic mass is 9.81. The van der Waals surface area contributed by atoms with E-state index in [-0.39, 0.29) is 12.8 Å². The van der Waals surface area contributed by atoms with Gasteiger partial charge in [0, 0.05) is 24.0 Å². The van der Waals surface area contributed by atoms with E-state index in [1.807, 2.05) is 0 Å². The zero-order valence-corrected chi connectivity index (χ0v) is 12.9. The number of hydrogen-bond acceptors (Lipinski definition) is 5. The first-order valence-corrected chi connectivity index (χ1v) is 6.69. The molecule has 0 fully saturated rings. The van der Waals surface area contributed by atoms with E-state index in [1.54, 1.807) is 24.3 Å². The Kier molecular flexibility index (Phi) is 6.58. The van der Waals surface area contributed by atoms with E-state index in [9.17, 15) is 14.4 Å². The third kappa shape index (κ3) is 3.99. The molecule has 0 atom stereocenters. The van der Waals surface area contributed by atoms with Gasteiger partial charge in [-0.3, -0.25) is 14.4 Å². The number of methoxy groups -OCH3 is 2. The van der Waals surface area contributed by atoms with Crippen LogP contribution in [0.3, 0.4) is 0 Å². The molecule has 0 saturated heterocycles. The van der Waals surface area contributed by atoms with Crippen LogP contribution in [0.5, 0.6) is 0 Å². The molecule has 0 aliphatic carbocycles. The molecule has 5 heteroatoms. The summed E-state index contributed by atoms with van der Waals surface area (Å²) < 4.78 is 9.36. The normalized spacial score (nSPS) is 9.78. The highest BCUT2D eigenvalue weighted by molar-refractivity contribution is 6.00. The van der Waals surface area contributed by atoms with E-state index in [0.29, 0.717) is 17.4 Å². The average Bonchev–Trinajstić information content (AvgIpc) is 2.59. The van der Waals surface area contributed by atoms with E-state index in [4.69, 9.17) is 6.42 Å². The third-order valence-electron chi connectivity index (χ3n) is 3.26. The van der Waals surface area contributed by atoms with Crippen molar-refractivity contribution in [3.05, 3.63) is 35.4 Å². The van der Waals surface area contributed by atoms with Crippen molar-refractivity contribution in [2.45, 2.75) is 12.8 Å². The zero-order chi connectivity index (χ0) is 17.3. The predicted molar refractivity (Wildman–Crippen MR) is 83.2 cm³/mol. The zero-order valence-electron chi connectivity index (χ0n) is 12.9. The van der Waals surface area contributed by atoms with Crippen molar-refractivity contribution < 1.29 is 23.9 Å². The first kappa shape index (κ1) is 18.0. The van der Waals surface area contributed by atoms with Crippen molar-refractivity contribution in [2.75, 3.05) is 14.2 Å². The topological polar surface area (TPSA) is 69.7 Å². The Morgan fingerprint density at radius 3 is 2.30 bits per heavy atom. The van der Waals surface area contributed by atoms with Crippen molar-refractivity contribution >= 4 is 18.2 Å². The highest BCUT2D eigenvalue weighted by Gasteiger charge is 2.47. The SMILES string of the molecule is C#CCC(CC#Cc1ccccc1C=O)(C(=O)OC)C(=O)OC. The van der Waals surface area contributed by atoms with E-state index in [0.717, 1.165) is 14.2 Å². The van der Waals surface area contributed by atoms with Crippen LogP contribution in [0.4, 0.5) is 0 Å². The largest absolute Gasteiger partial charge is 0.468 e. The summed E-state index contributed by atoms with van der Waals surface area (Å²) in [6.07, 6.45) is 5.57. The van der Waals surface area contributed by atoms with Gasteiger partial charge in [-0.2, -0.15) is 0 Å². The van der Waals surface area contributed by atoms with Crippen molar-refractivity contribution in [3.63, 3.8) is 0 Å². The molecule has 118 valence electrons. The van der Waals surface area contributed by atoms with Crippen LogP contribution < -0.4 is 0 Å². The molecule has 0 unspecified atom stereocenters. The fourth-order valence-electron chi connectivity index (χ4n) is 2.00. The van der Waals surface area contributed by atoms with Crippen LogP contribution in [0.15, 0.2) is 24.3 Å².